The van der Waals surface area contributed by atoms with Crippen molar-refractivity contribution in [1.82, 2.24) is 0 Å². The Bertz CT molecular complexity index is 446. The van der Waals surface area contributed by atoms with E-state index in [9.17, 15) is 0 Å². The van der Waals surface area contributed by atoms with E-state index < -0.39 is 0 Å². The van der Waals surface area contributed by atoms with E-state index in [2.05, 4.69) is 15.9 Å². The van der Waals surface area contributed by atoms with E-state index in [1.165, 1.54) is 0 Å². The van der Waals surface area contributed by atoms with Crippen molar-refractivity contribution in [2.75, 3.05) is 6.61 Å². The average Bonchev–Trinajstić information content (AvgIpc) is 2.99. The molecular weight excluding hydrogens is 304 g/mol. The van der Waals surface area contributed by atoms with Gasteiger partial charge in [-0.1, -0.05) is 27.5 Å². The molecule has 1 fully saturated rings. The number of rotatable bonds is 5. The Balaban J connectivity index is 1.98. The molecule has 0 unspecified atom stereocenters. The molecule has 0 aromatic heterocycles. The van der Waals surface area contributed by atoms with Crippen LogP contribution in [0, 0.1) is 10.8 Å². The summed E-state index contributed by atoms with van der Waals surface area (Å²) in [5, 5.41) is 7.94. The van der Waals surface area contributed by atoms with Gasteiger partial charge in [0.05, 0.1) is 17.5 Å². The Hall–Kier alpha value is -0.740. The van der Waals surface area contributed by atoms with Crippen molar-refractivity contribution < 1.29 is 4.74 Å². The zero-order chi connectivity index (χ0) is 12.5. The molecule has 1 aliphatic rings. The van der Waals surface area contributed by atoms with Crippen molar-refractivity contribution in [2.24, 2.45) is 11.1 Å². The molecule has 0 atom stereocenters. The van der Waals surface area contributed by atoms with Crippen LogP contribution < -0.4 is 10.5 Å². The summed E-state index contributed by atoms with van der Waals surface area (Å²) in [5.74, 6) is 0.905. The molecule has 0 heterocycles. The fourth-order valence-corrected chi connectivity index (χ4v) is 2.28. The number of amidine groups is 1. The van der Waals surface area contributed by atoms with Gasteiger partial charge in [-0.25, -0.2) is 0 Å². The Labute approximate surface area is 114 Å². The highest BCUT2D eigenvalue weighted by Gasteiger charge is 2.44. The second-order valence-corrected chi connectivity index (χ2v) is 5.89. The van der Waals surface area contributed by atoms with Gasteiger partial charge in [-0.3, -0.25) is 5.41 Å². The van der Waals surface area contributed by atoms with Gasteiger partial charge in [0.25, 0.3) is 0 Å². The summed E-state index contributed by atoms with van der Waals surface area (Å²) < 4.78 is 6.67. The Morgan fingerprint density at radius 3 is 2.82 bits per heavy atom. The van der Waals surface area contributed by atoms with Gasteiger partial charge in [-0.15, -0.1) is 0 Å². The molecule has 0 amide bonds. The van der Waals surface area contributed by atoms with E-state index in [4.69, 9.17) is 27.5 Å². The molecule has 0 bridgehead atoms. The smallest absolute Gasteiger partial charge is 0.139 e. The monoisotopic (exact) mass is 316 g/mol. The average molecular weight is 318 g/mol. The van der Waals surface area contributed by atoms with E-state index in [1.807, 2.05) is 12.1 Å². The van der Waals surface area contributed by atoms with Crippen molar-refractivity contribution in [3.05, 3.63) is 27.7 Å². The fraction of sp³-hybridized carbons (Fsp3) is 0.417. The van der Waals surface area contributed by atoms with E-state index in [1.54, 1.807) is 6.07 Å². The number of nitrogens with one attached hydrogen (secondary N) is 1. The second kappa shape index (κ2) is 4.86. The Morgan fingerprint density at radius 2 is 2.24 bits per heavy atom. The standard InChI is InChI=1S/C12H14BrClN2O/c13-8-1-2-9(14)10(5-8)17-7-12(3-4-12)6-11(15)16/h1-2,5H,3-4,6-7H2,(H3,15,16). The lowest BCUT2D eigenvalue weighted by Crippen LogP contribution is -2.21. The zero-order valence-corrected chi connectivity index (χ0v) is 11.6. The highest BCUT2D eigenvalue weighted by atomic mass is 79.9. The van der Waals surface area contributed by atoms with Crippen molar-refractivity contribution in [2.45, 2.75) is 19.3 Å². The summed E-state index contributed by atoms with van der Waals surface area (Å²) in [7, 11) is 0. The minimum atomic E-state index is 0.0669. The van der Waals surface area contributed by atoms with Crippen LogP contribution in [0.1, 0.15) is 19.3 Å². The van der Waals surface area contributed by atoms with Crippen molar-refractivity contribution in [3.63, 3.8) is 0 Å². The van der Waals surface area contributed by atoms with Crippen LogP contribution >= 0.6 is 27.5 Å². The van der Waals surface area contributed by atoms with Crippen LogP contribution in [0.25, 0.3) is 0 Å². The number of ether oxygens (including phenoxy) is 1. The van der Waals surface area contributed by atoms with E-state index in [0.717, 1.165) is 17.3 Å². The third-order valence-corrected chi connectivity index (χ3v) is 3.76. The molecule has 0 spiro atoms. The molecule has 0 saturated heterocycles. The fourth-order valence-electron chi connectivity index (χ4n) is 1.77. The third-order valence-electron chi connectivity index (χ3n) is 2.95. The maximum atomic E-state index is 7.34. The zero-order valence-electron chi connectivity index (χ0n) is 9.30. The first-order chi connectivity index (χ1) is 8.01. The number of nitrogens with two attached hydrogens (primary N) is 1. The topological polar surface area (TPSA) is 59.1 Å². The first-order valence-electron chi connectivity index (χ1n) is 5.42. The molecule has 1 saturated carbocycles. The second-order valence-electron chi connectivity index (χ2n) is 4.57. The van der Waals surface area contributed by atoms with Gasteiger partial charge in [-0.2, -0.15) is 0 Å². The lowest BCUT2D eigenvalue weighted by Gasteiger charge is -2.16. The molecule has 17 heavy (non-hydrogen) atoms. The first-order valence-corrected chi connectivity index (χ1v) is 6.59. The van der Waals surface area contributed by atoms with Gasteiger partial charge in [-0.05, 0) is 31.0 Å². The predicted molar refractivity (Wildman–Crippen MR) is 72.8 cm³/mol. The van der Waals surface area contributed by atoms with Gasteiger partial charge in [0.1, 0.15) is 5.75 Å². The quantitative estimate of drug-likeness (QED) is 0.644. The molecule has 0 radical (unpaired) electrons. The largest absolute Gasteiger partial charge is 0.491 e. The molecule has 5 heteroatoms. The summed E-state index contributed by atoms with van der Waals surface area (Å²) in [6, 6.07) is 5.52. The van der Waals surface area contributed by atoms with E-state index in [0.29, 0.717) is 23.8 Å². The number of hydrogen-bond donors (Lipinski definition) is 2. The van der Waals surface area contributed by atoms with Crippen LogP contribution in [0.15, 0.2) is 22.7 Å². The summed E-state index contributed by atoms with van der Waals surface area (Å²) in [6.45, 7) is 0.572. The van der Waals surface area contributed by atoms with Gasteiger partial charge in [0, 0.05) is 16.3 Å². The Kier molecular flexibility index (Phi) is 3.64. The molecule has 1 aromatic rings. The first kappa shape index (κ1) is 12.7. The van der Waals surface area contributed by atoms with Crippen molar-refractivity contribution >= 4 is 33.4 Å². The highest BCUT2D eigenvalue weighted by Crippen LogP contribution is 2.49. The minimum absolute atomic E-state index is 0.0669. The minimum Gasteiger partial charge on any atom is -0.491 e. The van der Waals surface area contributed by atoms with Gasteiger partial charge in [0.2, 0.25) is 0 Å². The van der Waals surface area contributed by atoms with Gasteiger partial charge < -0.3 is 10.5 Å². The molecule has 2 rings (SSSR count). The number of benzene rings is 1. The summed E-state index contributed by atoms with van der Waals surface area (Å²) in [5.41, 5.74) is 5.50. The van der Waals surface area contributed by atoms with Crippen molar-refractivity contribution in [1.29, 1.82) is 5.41 Å². The molecular formula is C12H14BrClN2O. The Morgan fingerprint density at radius 1 is 1.53 bits per heavy atom. The SMILES string of the molecule is N=C(N)CC1(COc2cc(Br)ccc2Cl)CC1. The molecule has 92 valence electrons. The van der Waals surface area contributed by atoms with Crippen molar-refractivity contribution in [3.8, 4) is 5.75 Å². The molecule has 1 aromatic carbocycles. The van der Waals surface area contributed by atoms with Crippen LogP contribution in [0.5, 0.6) is 5.75 Å². The summed E-state index contributed by atoms with van der Waals surface area (Å²) >= 11 is 9.42. The summed E-state index contributed by atoms with van der Waals surface area (Å²) in [4.78, 5) is 0. The number of hydrogen-bond acceptors (Lipinski definition) is 2. The molecule has 3 N–H and O–H groups in total. The molecule has 1 aliphatic carbocycles. The van der Waals surface area contributed by atoms with E-state index in [-0.39, 0.29) is 11.3 Å². The van der Waals surface area contributed by atoms with Crippen LogP contribution in [-0.2, 0) is 0 Å². The molecule has 3 nitrogen and oxygen atoms in total. The van der Waals surface area contributed by atoms with Gasteiger partial charge >= 0.3 is 0 Å². The highest BCUT2D eigenvalue weighted by molar-refractivity contribution is 9.10. The van der Waals surface area contributed by atoms with Crippen LogP contribution in [0.3, 0.4) is 0 Å². The predicted octanol–water partition coefficient (Wildman–Crippen LogP) is 3.59. The maximum absolute atomic E-state index is 7.34. The number of halogens is 2. The molecule has 0 aliphatic heterocycles. The van der Waals surface area contributed by atoms with Crippen LogP contribution in [0.2, 0.25) is 5.02 Å². The lowest BCUT2D eigenvalue weighted by atomic mass is 10.0. The van der Waals surface area contributed by atoms with Gasteiger partial charge in [0.15, 0.2) is 0 Å². The lowest BCUT2D eigenvalue weighted by molar-refractivity contribution is 0.238. The third kappa shape index (κ3) is 3.36. The summed E-state index contributed by atoms with van der Waals surface area (Å²) in [6.07, 6.45) is 2.75. The maximum Gasteiger partial charge on any atom is 0.139 e. The normalized spacial score (nSPS) is 16.6. The van der Waals surface area contributed by atoms with E-state index >= 15 is 0 Å². The van der Waals surface area contributed by atoms with Crippen LogP contribution in [-0.4, -0.2) is 12.4 Å². The van der Waals surface area contributed by atoms with Crippen LogP contribution in [0.4, 0.5) is 0 Å².